The number of imide groups is 2. The summed E-state index contributed by atoms with van der Waals surface area (Å²) in [6.45, 7) is 0.525. The second kappa shape index (κ2) is 12.7. The van der Waals surface area contributed by atoms with Crippen molar-refractivity contribution in [3.8, 4) is 17.2 Å². The number of barbiturate groups is 1. The van der Waals surface area contributed by atoms with Crippen LogP contribution in [0, 0.1) is 10.1 Å². The summed E-state index contributed by atoms with van der Waals surface area (Å²) in [5.41, 5.74) is 1.78. The minimum absolute atomic E-state index is 0.0705. The lowest BCUT2D eigenvalue weighted by molar-refractivity contribution is -0.384. The number of hydrogen-bond acceptors (Lipinski definition) is 8. The van der Waals surface area contributed by atoms with E-state index < -0.39 is 22.8 Å². The van der Waals surface area contributed by atoms with Gasteiger partial charge in [-0.25, -0.2) is 9.69 Å². The molecule has 4 aromatic carbocycles. The molecule has 1 aliphatic heterocycles. The van der Waals surface area contributed by atoms with E-state index in [1.807, 2.05) is 36.4 Å². The number of carbonyl (C=O) groups excluding carboxylic acids is 3. The largest absolute Gasteiger partial charge is 0.493 e. The quantitative estimate of drug-likeness (QED) is 0.114. The Hall–Kier alpha value is -5.97. The van der Waals surface area contributed by atoms with Gasteiger partial charge in [-0.2, -0.15) is 0 Å². The lowest BCUT2D eigenvalue weighted by Gasteiger charge is -2.26. The number of carbonyl (C=O) groups is 3. The number of non-ortho nitro benzene ring substituents is 1. The van der Waals surface area contributed by atoms with Crippen LogP contribution in [0.25, 0.3) is 6.08 Å². The fourth-order valence-corrected chi connectivity index (χ4v) is 4.32. The number of methoxy groups -OCH3 is 1. The van der Waals surface area contributed by atoms with Gasteiger partial charge in [0.1, 0.15) is 24.5 Å². The van der Waals surface area contributed by atoms with Crippen molar-refractivity contribution in [2.45, 2.75) is 13.2 Å². The van der Waals surface area contributed by atoms with Crippen LogP contribution in [0.15, 0.2) is 103 Å². The summed E-state index contributed by atoms with van der Waals surface area (Å²) in [7, 11) is 1.55. The molecule has 1 fully saturated rings. The third kappa shape index (κ3) is 6.51. The molecule has 0 radical (unpaired) electrons. The van der Waals surface area contributed by atoms with E-state index >= 15 is 0 Å². The molecule has 5 rings (SSSR count). The molecule has 0 atom stereocenters. The van der Waals surface area contributed by atoms with E-state index in [-0.39, 0.29) is 23.6 Å². The highest BCUT2D eigenvalue weighted by Crippen LogP contribution is 2.31. The summed E-state index contributed by atoms with van der Waals surface area (Å²) in [4.78, 5) is 49.6. The van der Waals surface area contributed by atoms with Gasteiger partial charge in [0.2, 0.25) is 0 Å². The summed E-state index contributed by atoms with van der Waals surface area (Å²) in [5.74, 6) is -0.258. The van der Waals surface area contributed by atoms with E-state index in [4.69, 9.17) is 14.2 Å². The first kappa shape index (κ1) is 28.6. The number of urea groups is 1. The molecule has 1 aliphatic rings. The van der Waals surface area contributed by atoms with E-state index in [9.17, 15) is 24.5 Å². The van der Waals surface area contributed by atoms with E-state index in [2.05, 4.69) is 5.32 Å². The first-order chi connectivity index (χ1) is 20.8. The number of anilines is 1. The molecule has 0 aliphatic carbocycles. The van der Waals surface area contributed by atoms with Crippen molar-refractivity contribution in [2.75, 3.05) is 12.0 Å². The molecule has 0 saturated carbocycles. The molecule has 11 heteroatoms. The predicted octanol–water partition coefficient (Wildman–Crippen LogP) is 5.43. The monoisotopic (exact) mass is 579 g/mol. The minimum atomic E-state index is -0.962. The highest BCUT2D eigenvalue weighted by molar-refractivity contribution is 6.39. The fraction of sp³-hybridized carbons (Fsp3) is 0.0938. The van der Waals surface area contributed by atoms with Gasteiger partial charge in [-0.05, 0) is 47.5 Å². The van der Waals surface area contributed by atoms with Crippen molar-refractivity contribution < 1.29 is 33.5 Å². The number of amides is 4. The molecule has 1 N–H and O–H groups in total. The maximum atomic E-state index is 13.3. The molecule has 11 nitrogen and oxygen atoms in total. The Morgan fingerprint density at radius 2 is 1.47 bits per heavy atom. The van der Waals surface area contributed by atoms with Crippen molar-refractivity contribution in [1.29, 1.82) is 0 Å². The topological polar surface area (TPSA) is 137 Å². The van der Waals surface area contributed by atoms with Crippen molar-refractivity contribution in [3.63, 3.8) is 0 Å². The third-order valence-corrected chi connectivity index (χ3v) is 6.50. The maximum Gasteiger partial charge on any atom is 0.335 e. The number of rotatable bonds is 10. The van der Waals surface area contributed by atoms with Gasteiger partial charge in [0.05, 0.1) is 17.7 Å². The molecule has 0 bridgehead atoms. The van der Waals surface area contributed by atoms with Gasteiger partial charge in [-0.3, -0.25) is 25.0 Å². The molecule has 0 unspecified atom stereocenters. The van der Waals surface area contributed by atoms with Gasteiger partial charge in [0, 0.05) is 17.7 Å². The van der Waals surface area contributed by atoms with E-state index in [1.165, 1.54) is 18.2 Å². The van der Waals surface area contributed by atoms with E-state index in [0.29, 0.717) is 29.4 Å². The smallest absolute Gasteiger partial charge is 0.335 e. The van der Waals surface area contributed by atoms with Gasteiger partial charge >= 0.3 is 6.03 Å². The normalized spacial score (nSPS) is 13.9. The van der Waals surface area contributed by atoms with Gasteiger partial charge in [0.25, 0.3) is 17.5 Å². The summed E-state index contributed by atoms with van der Waals surface area (Å²) in [6.07, 6.45) is 1.33. The zero-order valence-corrected chi connectivity index (χ0v) is 22.9. The highest BCUT2D eigenvalue weighted by atomic mass is 16.6. The summed E-state index contributed by atoms with van der Waals surface area (Å²) in [6, 6.07) is 25.9. The zero-order valence-electron chi connectivity index (χ0n) is 22.9. The number of nitrogens with zero attached hydrogens (tertiary/aromatic N) is 2. The summed E-state index contributed by atoms with van der Waals surface area (Å²) >= 11 is 0. The Morgan fingerprint density at radius 1 is 0.791 bits per heavy atom. The predicted molar refractivity (Wildman–Crippen MR) is 157 cm³/mol. The summed E-state index contributed by atoms with van der Waals surface area (Å²) < 4.78 is 17.5. The number of nitro benzene ring substituents is 1. The second-order valence-electron chi connectivity index (χ2n) is 9.32. The lowest BCUT2D eigenvalue weighted by atomic mass is 10.1. The van der Waals surface area contributed by atoms with Crippen molar-refractivity contribution in [3.05, 3.63) is 129 Å². The average Bonchev–Trinajstić information content (AvgIpc) is 3.02. The SMILES string of the molecule is COc1cc(COc2ccccc2/C=C2/C(=O)NC(=O)N(c3ccc([N+](=O)[O-])cc3)C2=O)ccc1OCc1ccccc1. The van der Waals surface area contributed by atoms with Gasteiger partial charge in [-0.1, -0.05) is 54.6 Å². The van der Waals surface area contributed by atoms with E-state index in [1.54, 1.807) is 43.5 Å². The highest BCUT2D eigenvalue weighted by Gasteiger charge is 2.37. The lowest BCUT2D eigenvalue weighted by Crippen LogP contribution is -2.54. The molecular formula is C32H25N3O8. The van der Waals surface area contributed by atoms with Crippen molar-refractivity contribution in [2.24, 2.45) is 0 Å². The Kier molecular flexibility index (Phi) is 8.43. The van der Waals surface area contributed by atoms with Gasteiger partial charge in [0.15, 0.2) is 11.5 Å². The molecular weight excluding hydrogens is 554 g/mol. The molecule has 1 heterocycles. The van der Waals surface area contributed by atoms with Crippen LogP contribution in [0.4, 0.5) is 16.2 Å². The van der Waals surface area contributed by atoms with Crippen LogP contribution in [0.2, 0.25) is 0 Å². The van der Waals surface area contributed by atoms with Crippen LogP contribution in [-0.4, -0.2) is 29.9 Å². The van der Waals surface area contributed by atoms with Crippen molar-refractivity contribution >= 4 is 35.3 Å². The Bertz CT molecular complexity index is 1720. The van der Waals surface area contributed by atoms with Gasteiger partial charge < -0.3 is 14.2 Å². The number of nitro groups is 1. The number of benzene rings is 4. The Labute approximate surface area is 246 Å². The first-order valence-electron chi connectivity index (χ1n) is 13.1. The fourth-order valence-electron chi connectivity index (χ4n) is 4.32. The first-order valence-corrected chi connectivity index (χ1v) is 13.1. The Morgan fingerprint density at radius 3 is 2.19 bits per heavy atom. The molecule has 0 aromatic heterocycles. The van der Waals surface area contributed by atoms with Crippen LogP contribution >= 0.6 is 0 Å². The number of nitrogens with one attached hydrogen (secondary N) is 1. The van der Waals surface area contributed by atoms with Crippen LogP contribution in [0.1, 0.15) is 16.7 Å². The average molecular weight is 580 g/mol. The zero-order chi connectivity index (χ0) is 30.3. The minimum Gasteiger partial charge on any atom is -0.493 e. The molecule has 4 amide bonds. The molecule has 43 heavy (non-hydrogen) atoms. The molecule has 1 saturated heterocycles. The third-order valence-electron chi connectivity index (χ3n) is 6.50. The maximum absolute atomic E-state index is 13.3. The molecule has 4 aromatic rings. The number of para-hydroxylation sites is 1. The summed E-state index contributed by atoms with van der Waals surface area (Å²) in [5, 5.41) is 13.1. The van der Waals surface area contributed by atoms with Crippen LogP contribution in [0.5, 0.6) is 17.2 Å². The number of hydrogen-bond donors (Lipinski definition) is 1. The van der Waals surface area contributed by atoms with Gasteiger partial charge in [-0.15, -0.1) is 0 Å². The van der Waals surface area contributed by atoms with Crippen molar-refractivity contribution in [1.82, 2.24) is 5.32 Å². The van der Waals surface area contributed by atoms with Crippen LogP contribution in [-0.2, 0) is 22.8 Å². The Balaban J connectivity index is 1.33. The standard InChI is InChI=1S/C32H25N3O8/c1-41-29-17-22(11-16-28(29)43-19-21-7-3-2-4-8-21)20-42-27-10-6-5-9-23(27)18-26-30(36)33-32(38)34(31(26)37)24-12-14-25(15-13-24)35(39)40/h2-18H,19-20H2,1H3,(H,33,36,38)/b26-18-. The second-order valence-corrected chi connectivity index (χ2v) is 9.32. The van der Waals surface area contributed by atoms with Crippen LogP contribution < -0.4 is 24.4 Å². The van der Waals surface area contributed by atoms with E-state index in [0.717, 1.165) is 28.2 Å². The van der Waals surface area contributed by atoms with Crippen LogP contribution in [0.3, 0.4) is 0 Å². The molecule has 0 spiro atoms. The molecule has 216 valence electrons. The number of ether oxygens (including phenoxy) is 3.